The zero-order chi connectivity index (χ0) is 13.9. The van der Waals surface area contributed by atoms with Crippen LogP contribution in [0.15, 0.2) is 30.5 Å². The first kappa shape index (κ1) is 13.4. The fourth-order valence-electron chi connectivity index (χ4n) is 2.97. The molecule has 1 atom stereocenters. The first-order valence-electron chi connectivity index (χ1n) is 7.56. The lowest BCUT2D eigenvalue weighted by atomic mass is 9.89. The average Bonchev–Trinajstić information content (AvgIpc) is 2.89. The number of nitrogens with zero attached hydrogens (tertiary/aromatic N) is 2. The van der Waals surface area contributed by atoms with Crippen LogP contribution in [0.3, 0.4) is 0 Å². The van der Waals surface area contributed by atoms with E-state index >= 15 is 0 Å². The number of hydrogen-bond donors (Lipinski definition) is 1. The first-order valence-corrected chi connectivity index (χ1v) is 7.56. The second-order valence-electron chi connectivity index (χ2n) is 5.78. The summed E-state index contributed by atoms with van der Waals surface area (Å²) in [6, 6.07) is 9.44. The molecule has 0 spiro atoms. The molecule has 2 aromatic rings. The van der Waals surface area contributed by atoms with Crippen molar-refractivity contribution in [1.29, 1.82) is 0 Å². The van der Waals surface area contributed by atoms with Gasteiger partial charge in [0.2, 0.25) is 0 Å². The molecule has 1 aliphatic rings. The lowest BCUT2D eigenvalue weighted by molar-refractivity contribution is 0.547. The van der Waals surface area contributed by atoms with Crippen molar-refractivity contribution in [1.82, 2.24) is 15.1 Å². The van der Waals surface area contributed by atoms with E-state index in [1.807, 2.05) is 17.9 Å². The highest BCUT2D eigenvalue weighted by Gasteiger charge is 2.12. The highest BCUT2D eigenvalue weighted by atomic mass is 15.3. The van der Waals surface area contributed by atoms with E-state index in [4.69, 9.17) is 0 Å². The third kappa shape index (κ3) is 2.78. The van der Waals surface area contributed by atoms with E-state index < -0.39 is 0 Å². The molecule has 0 aliphatic heterocycles. The largest absolute Gasteiger partial charge is 0.305 e. The molecule has 1 aromatic carbocycles. The highest BCUT2D eigenvalue weighted by molar-refractivity contribution is 5.35. The minimum Gasteiger partial charge on any atom is -0.305 e. The Balaban J connectivity index is 1.67. The third-order valence-electron chi connectivity index (χ3n) is 4.38. The second-order valence-corrected chi connectivity index (χ2v) is 5.78. The summed E-state index contributed by atoms with van der Waals surface area (Å²) in [5.74, 6) is 0. The van der Waals surface area contributed by atoms with Gasteiger partial charge in [-0.15, -0.1) is 0 Å². The van der Waals surface area contributed by atoms with Crippen molar-refractivity contribution in [3.63, 3.8) is 0 Å². The SMILES string of the molecule is CC(NCc1ccnn1C)c1ccc2c(c1)CCCC2. The van der Waals surface area contributed by atoms with Gasteiger partial charge in [0.1, 0.15) is 0 Å². The predicted octanol–water partition coefficient (Wildman–Crippen LogP) is 3.15. The Labute approximate surface area is 121 Å². The predicted molar refractivity (Wildman–Crippen MR) is 81.5 cm³/mol. The van der Waals surface area contributed by atoms with Crippen LogP contribution in [0.2, 0.25) is 0 Å². The van der Waals surface area contributed by atoms with Gasteiger partial charge in [0.25, 0.3) is 0 Å². The van der Waals surface area contributed by atoms with Gasteiger partial charge in [-0.3, -0.25) is 4.68 Å². The van der Waals surface area contributed by atoms with E-state index in [1.165, 1.54) is 36.9 Å². The molecule has 0 bridgehead atoms. The van der Waals surface area contributed by atoms with E-state index in [2.05, 4.69) is 41.6 Å². The van der Waals surface area contributed by atoms with Gasteiger partial charge in [-0.1, -0.05) is 18.2 Å². The molecule has 0 saturated carbocycles. The molecular weight excluding hydrogens is 246 g/mol. The maximum Gasteiger partial charge on any atom is 0.0518 e. The molecule has 20 heavy (non-hydrogen) atoms. The molecule has 3 rings (SSSR count). The number of benzene rings is 1. The maximum absolute atomic E-state index is 4.20. The molecule has 3 nitrogen and oxygen atoms in total. The van der Waals surface area contributed by atoms with Crippen molar-refractivity contribution < 1.29 is 0 Å². The molecule has 3 heteroatoms. The van der Waals surface area contributed by atoms with Crippen LogP contribution in [-0.2, 0) is 26.4 Å². The number of aryl methyl sites for hydroxylation is 3. The van der Waals surface area contributed by atoms with Crippen LogP contribution in [0.25, 0.3) is 0 Å². The summed E-state index contributed by atoms with van der Waals surface area (Å²) < 4.78 is 1.92. The van der Waals surface area contributed by atoms with Crippen molar-refractivity contribution in [3.05, 3.63) is 52.8 Å². The minimum absolute atomic E-state index is 0.372. The van der Waals surface area contributed by atoms with Crippen molar-refractivity contribution in [2.45, 2.75) is 45.2 Å². The third-order valence-corrected chi connectivity index (χ3v) is 4.38. The van der Waals surface area contributed by atoms with Gasteiger partial charge in [-0.2, -0.15) is 5.10 Å². The average molecular weight is 269 g/mol. The smallest absolute Gasteiger partial charge is 0.0518 e. The topological polar surface area (TPSA) is 29.9 Å². The summed E-state index contributed by atoms with van der Waals surface area (Å²) >= 11 is 0. The zero-order valence-corrected chi connectivity index (χ0v) is 12.4. The van der Waals surface area contributed by atoms with Crippen molar-refractivity contribution in [2.75, 3.05) is 0 Å². The Morgan fingerprint density at radius 1 is 1.20 bits per heavy atom. The van der Waals surface area contributed by atoms with Gasteiger partial charge in [-0.05, 0) is 55.4 Å². The number of nitrogens with one attached hydrogen (secondary N) is 1. The van der Waals surface area contributed by atoms with Crippen LogP contribution in [0.5, 0.6) is 0 Å². The molecule has 0 fully saturated rings. The zero-order valence-electron chi connectivity index (χ0n) is 12.4. The molecule has 106 valence electrons. The standard InChI is InChI=1S/C17H23N3/c1-13(18-12-17-9-10-19-20(17)2)15-8-7-14-5-3-4-6-16(14)11-15/h7-11,13,18H,3-6,12H2,1-2H3. The van der Waals surface area contributed by atoms with E-state index in [0.717, 1.165) is 6.54 Å². The van der Waals surface area contributed by atoms with Crippen LogP contribution in [0.1, 0.15) is 48.2 Å². The van der Waals surface area contributed by atoms with Gasteiger partial charge in [-0.25, -0.2) is 0 Å². The minimum atomic E-state index is 0.372. The number of hydrogen-bond acceptors (Lipinski definition) is 2. The maximum atomic E-state index is 4.20. The fraction of sp³-hybridized carbons (Fsp3) is 0.471. The number of fused-ring (bicyclic) bond motifs is 1. The summed E-state index contributed by atoms with van der Waals surface area (Å²) in [5, 5.41) is 7.79. The van der Waals surface area contributed by atoms with E-state index in [1.54, 1.807) is 11.1 Å². The number of rotatable bonds is 4. The monoisotopic (exact) mass is 269 g/mol. The van der Waals surface area contributed by atoms with Gasteiger partial charge in [0, 0.05) is 25.8 Å². The molecule has 1 N–H and O–H groups in total. The molecular formula is C17H23N3. The van der Waals surface area contributed by atoms with Crippen LogP contribution in [0, 0.1) is 0 Å². The van der Waals surface area contributed by atoms with Crippen LogP contribution >= 0.6 is 0 Å². The van der Waals surface area contributed by atoms with Crippen LogP contribution in [-0.4, -0.2) is 9.78 Å². The molecule has 1 aromatic heterocycles. The van der Waals surface area contributed by atoms with E-state index in [-0.39, 0.29) is 0 Å². The van der Waals surface area contributed by atoms with Gasteiger partial charge in [0.15, 0.2) is 0 Å². The Morgan fingerprint density at radius 3 is 2.75 bits per heavy atom. The fourth-order valence-corrected chi connectivity index (χ4v) is 2.97. The Bertz CT molecular complexity index is 586. The summed E-state index contributed by atoms with van der Waals surface area (Å²) in [5.41, 5.74) is 5.73. The van der Waals surface area contributed by atoms with Crippen molar-refractivity contribution in [2.24, 2.45) is 7.05 Å². The Kier molecular flexibility index (Phi) is 3.88. The van der Waals surface area contributed by atoms with Gasteiger partial charge < -0.3 is 5.32 Å². The molecule has 1 unspecified atom stereocenters. The molecule has 0 amide bonds. The Hall–Kier alpha value is -1.61. The molecule has 0 saturated heterocycles. The van der Waals surface area contributed by atoms with Crippen molar-refractivity contribution in [3.8, 4) is 0 Å². The molecule has 1 heterocycles. The summed E-state index contributed by atoms with van der Waals surface area (Å²) in [6.07, 6.45) is 7.04. The second kappa shape index (κ2) is 5.80. The lowest BCUT2D eigenvalue weighted by Gasteiger charge is -2.20. The molecule has 1 aliphatic carbocycles. The number of aromatic nitrogens is 2. The normalized spacial score (nSPS) is 15.9. The van der Waals surface area contributed by atoms with Gasteiger partial charge in [0.05, 0.1) is 5.69 Å². The Morgan fingerprint density at radius 2 is 2.00 bits per heavy atom. The first-order chi connectivity index (χ1) is 9.74. The lowest BCUT2D eigenvalue weighted by Crippen LogP contribution is -2.20. The van der Waals surface area contributed by atoms with Gasteiger partial charge >= 0.3 is 0 Å². The summed E-state index contributed by atoms with van der Waals surface area (Å²) in [4.78, 5) is 0. The van der Waals surface area contributed by atoms with E-state index in [0.29, 0.717) is 6.04 Å². The van der Waals surface area contributed by atoms with E-state index in [9.17, 15) is 0 Å². The quantitative estimate of drug-likeness (QED) is 0.924. The summed E-state index contributed by atoms with van der Waals surface area (Å²) in [7, 11) is 1.99. The van der Waals surface area contributed by atoms with Crippen LogP contribution in [0.4, 0.5) is 0 Å². The highest BCUT2D eigenvalue weighted by Crippen LogP contribution is 2.24. The molecule has 0 radical (unpaired) electrons. The van der Waals surface area contributed by atoms with Crippen molar-refractivity contribution >= 4 is 0 Å². The van der Waals surface area contributed by atoms with Crippen LogP contribution < -0.4 is 5.32 Å². The summed E-state index contributed by atoms with van der Waals surface area (Å²) in [6.45, 7) is 3.09.